The van der Waals surface area contributed by atoms with Crippen molar-refractivity contribution >= 4 is 29.7 Å². The van der Waals surface area contributed by atoms with E-state index in [9.17, 15) is 24.0 Å². The summed E-state index contributed by atoms with van der Waals surface area (Å²) >= 11 is 0. The SMILES string of the molecule is CN1C(=O)C[C@@H](C(=O)N[C@H](Cc2cnc[nH]2)C(=O)N2CCC[C@H]2C(N)=O)NC1=O. The highest BCUT2D eigenvalue weighted by Gasteiger charge is 2.39. The van der Waals surface area contributed by atoms with Gasteiger partial charge in [0.05, 0.1) is 12.7 Å². The van der Waals surface area contributed by atoms with Crippen LogP contribution in [0, 0.1) is 0 Å². The van der Waals surface area contributed by atoms with Gasteiger partial charge in [0, 0.05) is 31.9 Å². The van der Waals surface area contributed by atoms with Crippen LogP contribution in [0.5, 0.6) is 0 Å². The first-order valence-electron chi connectivity index (χ1n) is 9.22. The fourth-order valence-corrected chi connectivity index (χ4v) is 3.50. The average Bonchev–Trinajstić information content (AvgIpc) is 3.36. The van der Waals surface area contributed by atoms with Crippen LogP contribution in [0.1, 0.15) is 25.0 Å². The predicted octanol–water partition coefficient (Wildman–Crippen LogP) is -2.15. The summed E-state index contributed by atoms with van der Waals surface area (Å²) in [6.45, 7) is 0.352. The number of H-pyrrole nitrogens is 1. The second-order valence-corrected chi connectivity index (χ2v) is 7.09. The lowest BCUT2D eigenvalue weighted by atomic mass is 10.1. The Labute approximate surface area is 166 Å². The van der Waals surface area contributed by atoms with Crippen LogP contribution in [0.3, 0.4) is 0 Å². The molecule has 1 aromatic heterocycles. The highest BCUT2D eigenvalue weighted by atomic mass is 16.2. The van der Waals surface area contributed by atoms with Crippen LogP contribution < -0.4 is 16.4 Å². The number of aromatic amines is 1. The highest BCUT2D eigenvalue weighted by molar-refractivity contribution is 6.03. The van der Waals surface area contributed by atoms with E-state index in [1.165, 1.54) is 24.5 Å². The van der Waals surface area contributed by atoms with E-state index >= 15 is 0 Å². The molecule has 2 fully saturated rings. The number of hydrogen-bond acceptors (Lipinski definition) is 6. The number of likely N-dealkylation sites (tertiary alicyclic amines) is 1. The summed E-state index contributed by atoms with van der Waals surface area (Å²) in [4.78, 5) is 70.1. The fourth-order valence-electron chi connectivity index (χ4n) is 3.50. The van der Waals surface area contributed by atoms with Crippen molar-refractivity contribution in [2.75, 3.05) is 13.6 Å². The van der Waals surface area contributed by atoms with E-state index in [4.69, 9.17) is 5.73 Å². The van der Waals surface area contributed by atoms with Crippen molar-refractivity contribution in [3.05, 3.63) is 18.2 Å². The van der Waals surface area contributed by atoms with E-state index in [1.807, 2.05) is 0 Å². The first-order chi connectivity index (χ1) is 13.8. The maximum absolute atomic E-state index is 13.1. The molecule has 2 aliphatic heterocycles. The zero-order chi connectivity index (χ0) is 21.1. The minimum absolute atomic E-state index is 0.0983. The van der Waals surface area contributed by atoms with E-state index in [0.29, 0.717) is 25.1 Å². The second-order valence-electron chi connectivity index (χ2n) is 7.09. The maximum atomic E-state index is 13.1. The van der Waals surface area contributed by atoms with Gasteiger partial charge in [-0.3, -0.25) is 24.1 Å². The van der Waals surface area contributed by atoms with Crippen LogP contribution in [-0.4, -0.2) is 81.1 Å². The average molecular weight is 405 g/mol. The third-order valence-corrected chi connectivity index (χ3v) is 5.13. The number of hydrogen-bond donors (Lipinski definition) is 4. The molecule has 12 nitrogen and oxygen atoms in total. The number of nitrogens with one attached hydrogen (secondary N) is 3. The Bertz CT molecular complexity index is 806. The third-order valence-electron chi connectivity index (χ3n) is 5.13. The van der Waals surface area contributed by atoms with Crippen molar-refractivity contribution in [1.29, 1.82) is 0 Å². The zero-order valence-electron chi connectivity index (χ0n) is 15.9. The molecule has 1 aromatic rings. The Hall–Kier alpha value is -3.44. The maximum Gasteiger partial charge on any atom is 0.324 e. The monoisotopic (exact) mass is 405 g/mol. The molecule has 0 saturated carbocycles. The molecule has 2 saturated heterocycles. The number of carbonyl (C=O) groups excluding carboxylic acids is 5. The minimum atomic E-state index is -1.09. The van der Waals surface area contributed by atoms with E-state index < -0.39 is 47.8 Å². The molecule has 0 aromatic carbocycles. The molecule has 5 N–H and O–H groups in total. The topological polar surface area (TPSA) is 171 Å². The molecule has 3 rings (SSSR count). The summed E-state index contributed by atoms with van der Waals surface area (Å²) < 4.78 is 0. The predicted molar refractivity (Wildman–Crippen MR) is 97.9 cm³/mol. The first kappa shape index (κ1) is 20.3. The van der Waals surface area contributed by atoms with Gasteiger partial charge in [0.15, 0.2) is 0 Å². The summed E-state index contributed by atoms with van der Waals surface area (Å²) in [5.74, 6) is -2.22. The number of carbonyl (C=O) groups is 5. The lowest BCUT2D eigenvalue weighted by Gasteiger charge is -2.31. The molecule has 12 heteroatoms. The summed E-state index contributed by atoms with van der Waals surface area (Å²) in [5.41, 5.74) is 6.00. The summed E-state index contributed by atoms with van der Waals surface area (Å²) in [6.07, 6.45) is 3.93. The summed E-state index contributed by atoms with van der Waals surface area (Å²) in [5, 5.41) is 5.03. The zero-order valence-corrected chi connectivity index (χ0v) is 15.9. The van der Waals surface area contributed by atoms with Gasteiger partial charge in [0.25, 0.3) is 0 Å². The summed E-state index contributed by atoms with van der Waals surface area (Å²) in [7, 11) is 1.31. The van der Waals surface area contributed by atoms with Crippen LogP contribution in [0.15, 0.2) is 12.5 Å². The molecule has 0 radical (unpaired) electrons. The normalized spacial score (nSPS) is 22.9. The Morgan fingerprint density at radius 1 is 1.38 bits per heavy atom. The van der Waals surface area contributed by atoms with Crippen molar-refractivity contribution in [2.24, 2.45) is 5.73 Å². The van der Waals surface area contributed by atoms with Crippen molar-refractivity contribution < 1.29 is 24.0 Å². The molecule has 3 heterocycles. The Morgan fingerprint density at radius 2 is 2.14 bits per heavy atom. The van der Waals surface area contributed by atoms with Gasteiger partial charge in [-0.05, 0) is 12.8 Å². The van der Waals surface area contributed by atoms with Gasteiger partial charge in [-0.15, -0.1) is 0 Å². The first-order valence-corrected chi connectivity index (χ1v) is 9.22. The van der Waals surface area contributed by atoms with Gasteiger partial charge in [0.1, 0.15) is 18.1 Å². The number of amides is 6. The molecule has 0 spiro atoms. The standard InChI is InChI=1S/C17H23N7O5/c1-23-13(25)6-10(22-17(23)29)15(27)21-11(5-9-7-19-8-20-9)16(28)24-4-2-3-12(24)14(18)26/h7-8,10-12H,2-6H2,1H3,(H2,18,26)(H,19,20)(H,21,27)(H,22,29)/t10-,11+,12-/m0/s1. The smallest absolute Gasteiger partial charge is 0.324 e. The van der Waals surface area contributed by atoms with Gasteiger partial charge < -0.3 is 26.3 Å². The molecular weight excluding hydrogens is 382 g/mol. The van der Waals surface area contributed by atoms with E-state index in [0.717, 1.165) is 4.90 Å². The minimum Gasteiger partial charge on any atom is -0.368 e. The third kappa shape index (κ3) is 4.36. The van der Waals surface area contributed by atoms with Crippen LogP contribution in [-0.2, 0) is 25.6 Å². The molecule has 2 aliphatic rings. The van der Waals surface area contributed by atoms with Crippen LogP contribution in [0.2, 0.25) is 0 Å². The lowest BCUT2D eigenvalue weighted by molar-refractivity contribution is -0.141. The van der Waals surface area contributed by atoms with Crippen molar-refractivity contribution in [1.82, 2.24) is 30.4 Å². The highest BCUT2D eigenvalue weighted by Crippen LogP contribution is 2.19. The van der Waals surface area contributed by atoms with E-state index in [-0.39, 0.29) is 12.8 Å². The molecule has 3 atom stereocenters. The molecule has 6 amide bonds. The van der Waals surface area contributed by atoms with E-state index in [2.05, 4.69) is 20.6 Å². The number of nitrogens with two attached hydrogens (primary N) is 1. The number of primary amides is 1. The van der Waals surface area contributed by atoms with Crippen molar-refractivity contribution in [3.8, 4) is 0 Å². The van der Waals surface area contributed by atoms with Crippen LogP contribution in [0.25, 0.3) is 0 Å². The van der Waals surface area contributed by atoms with E-state index in [1.54, 1.807) is 0 Å². The molecular formula is C17H23N7O5. The molecule has 29 heavy (non-hydrogen) atoms. The van der Waals surface area contributed by atoms with Crippen molar-refractivity contribution in [3.63, 3.8) is 0 Å². The molecule has 0 aliphatic carbocycles. The van der Waals surface area contributed by atoms with Gasteiger partial charge in [0.2, 0.25) is 23.6 Å². The quantitative estimate of drug-likeness (QED) is 0.420. The number of aromatic nitrogens is 2. The van der Waals surface area contributed by atoms with Crippen LogP contribution >= 0.6 is 0 Å². The van der Waals surface area contributed by atoms with Gasteiger partial charge in [-0.2, -0.15) is 0 Å². The Morgan fingerprint density at radius 3 is 2.76 bits per heavy atom. The fraction of sp³-hybridized carbons (Fsp3) is 0.529. The van der Waals surface area contributed by atoms with Crippen LogP contribution in [0.4, 0.5) is 4.79 Å². The van der Waals surface area contributed by atoms with Gasteiger partial charge in [-0.1, -0.05) is 0 Å². The Balaban J connectivity index is 1.76. The second kappa shape index (κ2) is 8.29. The number of nitrogens with zero attached hydrogens (tertiary/aromatic N) is 3. The number of urea groups is 1. The van der Waals surface area contributed by atoms with Gasteiger partial charge in [-0.25, -0.2) is 9.78 Å². The molecule has 156 valence electrons. The van der Waals surface area contributed by atoms with Crippen molar-refractivity contribution in [2.45, 2.75) is 43.8 Å². The summed E-state index contributed by atoms with van der Waals surface area (Å²) in [6, 6.07) is -3.53. The number of imidazole rings is 1. The molecule has 0 unspecified atom stereocenters. The largest absolute Gasteiger partial charge is 0.368 e. The number of imide groups is 1. The number of rotatable bonds is 6. The Kier molecular flexibility index (Phi) is 5.80. The van der Waals surface area contributed by atoms with Gasteiger partial charge >= 0.3 is 6.03 Å². The lowest BCUT2D eigenvalue weighted by Crippen LogP contribution is -2.61. The molecule has 0 bridgehead atoms.